The molecule has 0 atom stereocenters. The molecule has 9 aromatic carbocycles. The Kier molecular flexibility index (Phi) is 5.06. The molecule has 1 nitrogen and oxygen atoms in total. The Morgan fingerprint density at radius 3 is 1.64 bits per heavy atom. The van der Waals surface area contributed by atoms with Crippen LogP contribution in [0.25, 0.3) is 98.4 Å². The largest absolute Gasteiger partial charge is 0.455 e. The zero-order chi connectivity index (χ0) is 29.5. The summed E-state index contributed by atoms with van der Waals surface area (Å²) in [7, 11) is 0. The van der Waals surface area contributed by atoms with Crippen LogP contribution >= 0.6 is 0 Å². The third-order valence-corrected chi connectivity index (χ3v) is 9.61. The molecule has 0 N–H and O–H groups in total. The average Bonchev–Trinajstić information content (AvgIpc) is 3.51. The number of furan rings is 1. The molecule has 0 aliphatic rings. The lowest BCUT2D eigenvalue weighted by Gasteiger charge is -2.19. The number of fused-ring (bicyclic) bond motifs is 3. The lowest BCUT2D eigenvalue weighted by Crippen LogP contribution is -1.92. The van der Waals surface area contributed by atoms with E-state index in [0.717, 1.165) is 16.7 Å². The van der Waals surface area contributed by atoms with E-state index in [1.807, 2.05) is 0 Å². The molecule has 0 amide bonds. The minimum Gasteiger partial charge on any atom is -0.455 e. The van der Waals surface area contributed by atoms with Crippen molar-refractivity contribution in [1.29, 1.82) is 0 Å². The minimum atomic E-state index is 0.941. The topological polar surface area (TPSA) is 13.1 Å². The van der Waals surface area contributed by atoms with Gasteiger partial charge in [0.15, 0.2) is 0 Å². The van der Waals surface area contributed by atoms with E-state index in [0.29, 0.717) is 0 Å². The highest BCUT2D eigenvalue weighted by Gasteiger charge is 2.22. The molecule has 0 radical (unpaired) electrons. The van der Waals surface area contributed by atoms with Crippen molar-refractivity contribution >= 4 is 65.0 Å². The van der Waals surface area contributed by atoms with Gasteiger partial charge in [-0.05, 0) is 83.5 Å². The van der Waals surface area contributed by atoms with Gasteiger partial charge >= 0.3 is 0 Å². The molecule has 0 fully saturated rings. The molecule has 0 spiro atoms. The van der Waals surface area contributed by atoms with E-state index in [1.165, 1.54) is 81.7 Å². The highest BCUT2D eigenvalue weighted by Crippen LogP contribution is 2.49. The van der Waals surface area contributed by atoms with Crippen LogP contribution in [0.4, 0.5) is 0 Å². The molecule has 1 heterocycles. The highest BCUT2D eigenvalue weighted by molar-refractivity contribution is 6.29. The summed E-state index contributed by atoms with van der Waals surface area (Å²) in [4.78, 5) is 0. The SMILES string of the molecule is c1ccc(-c2ccc3cccc(-c4c5ccccc5c(-c5ccc6ccc7cccc8oc5c6c78)c5ccccc45)c3c2)cc1. The van der Waals surface area contributed by atoms with Crippen molar-refractivity contribution in [2.75, 3.05) is 0 Å². The molecule has 0 saturated heterocycles. The summed E-state index contributed by atoms with van der Waals surface area (Å²) in [6.45, 7) is 0. The van der Waals surface area contributed by atoms with Crippen molar-refractivity contribution in [2.45, 2.75) is 0 Å². The predicted octanol–water partition coefficient (Wildman–Crippen LogP) is 12.6. The van der Waals surface area contributed by atoms with Gasteiger partial charge < -0.3 is 4.42 Å². The van der Waals surface area contributed by atoms with Crippen LogP contribution in [-0.4, -0.2) is 0 Å². The first-order valence-electron chi connectivity index (χ1n) is 15.5. The van der Waals surface area contributed by atoms with Gasteiger partial charge in [-0.2, -0.15) is 0 Å². The van der Waals surface area contributed by atoms with Crippen LogP contribution in [0.15, 0.2) is 162 Å². The zero-order valence-electron chi connectivity index (χ0n) is 24.4. The zero-order valence-corrected chi connectivity index (χ0v) is 24.4. The summed E-state index contributed by atoms with van der Waals surface area (Å²) in [5.41, 5.74) is 9.22. The molecular formula is C44H26O. The minimum absolute atomic E-state index is 0.941. The van der Waals surface area contributed by atoms with Gasteiger partial charge in [0.1, 0.15) is 11.2 Å². The van der Waals surface area contributed by atoms with Crippen LogP contribution in [-0.2, 0) is 0 Å². The molecule has 1 heteroatoms. The first kappa shape index (κ1) is 24.5. The standard InChI is InChI=1S/C44H26O/c1-2-10-27(11-3-1)31-23-20-28-12-8-18-36(38(28)26-31)42-32-14-4-6-16-34(32)43(35-17-7-5-15-33(35)42)37-25-24-30-22-21-29-13-9-19-39-40(29)41(30)44(37)45-39/h1-26H. The van der Waals surface area contributed by atoms with Gasteiger partial charge in [-0.1, -0.05) is 140 Å². The van der Waals surface area contributed by atoms with E-state index < -0.39 is 0 Å². The maximum Gasteiger partial charge on any atom is 0.143 e. The van der Waals surface area contributed by atoms with E-state index in [1.54, 1.807) is 0 Å². The van der Waals surface area contributed by atoms with Crippen LogP contribution in [0.1, 0.15) is 0 Å². The van der Waals surface area contributed by atoms with E-state index in [9.17, 15) is 0 Å². The van der Waals surface area contributed by atoms with Gasteiger partial charge in [-0.15, -0.1) is 0 Å². The number of rotatable bonds is 3. The first-order chi connectivity index (χ1) is 22.3. The fourth-order valence-electron chi connectivity index (χ4n) is 7.64. The summed E-state index contributed by atoms with van der Waals surface area (Å²) >= 11 is 0. The summed E-state index contributed by atoms with van der Waals surface area (Å²) in [6, 6.07) is 57.3. The molecule has 0 unspecified atom stereocenters. The van der Waals surface area contributed by atoms with Crippen molar-refractivity contribution < 1.29 is 4.42 Å². The number of benzene rings is 9. The Balaban J connectivity index is 1.33. The fourth-order valence-corrected chi connectivity index (χ4v) is 7.64. The second kappa shape index (κ2) is 9.29. The summed E-state index contributed by atoms with van der Waals surface area (Å²) in [6.07, 6.45) is 0. The van der Waals surface area contributed by atoms with Crippen LogP contribution < -0.4 is 0 Å². The van der Waals surface area contributed by atoms with Gasteiger partial charge in [-0.25, -0.2) is 0 Å². The molecule has 208 valence electrons. The van der Waals surface area contributed by atoms with Crippen molar-refractivity contribution in [3.05, 3.63) is 158 Å². The average molecular weight is 571 g/mol. The third kappa shape index (κ3) is 3.50. The molecule has 0 aliphatic heterocycles. The quantitative estimate of drug-likeness (QED) is 0.152. The third-order valence-electron chi connectivity index (χ3n) is 9.61. The Morgan fingerprint density at radius 1 is 0.333 bits per heavy atom. The first-order valence-corrected chi connectivity index (χ1v) is 15.5. The van der Waals surface area contributed by atoms with E-state index >= 15 is 0 Å². The predicted molar refractivity (Wildman–Crippen MR) is 191 cm³/mol. The monoisotopic (exact) mass is 570 g/mol. The van der Waals surface area contributed by atoms with Crippen LogP contribution in [0.5, 0.6) is 0 Å². The normalized spacial score (nSPS) is 12.0. The maximum atomic E-state index is 6.73. The van der Waals surface area contributed by atoms with Crippen molar-refractivity contribution in [1.82, 2.24) is 0 Å². The van der Waals surface area contributed by atoms with Gasteiger partial charge in [0, 0.05) is 21.9 Å². The van der Waals surface area contributed by atoms with Gasteiger partial charge in [0.25, 0.3) is 0 Å². The second-order valence-corrected chi connectivity index (χ2v) is 12.0. The van der Waals surface area contributed by atoms with Gasteiger partial charge in [-0.3, -0.25) is 0 Å². The van der Waals surface area contributed by atoms with Gasteiger partial charge in [0.2, 0.25) is 0 Å². The van der Waals surface area contributed by atoms with Gasteiger partial charge in [0.05, 0.1) is 0 Å². The van der Waals surface area contributed by atoms with E-state index in [4.69, 9.17) is 4.42 Å². The van der Waals surface area contributed by atoms with E-state index in [2.05, 4.69) is 158 Å². The van der Waals surface area contributed by atoms with Crippen LogP contribution in [0.2, 0.25) is 0 Å². The van der Waals surface area contributed by atoms with Crippen molar-refractivity contribution in [2.24, 2.45) is 0 Å². The Morgan fingerprint density at radius 2 is 0.911 bits per heavy atom. The van der Waals surface area contributed by atoms with Crippen LogP contribution in [0, 0.1) is 0 Å². The summed E-state index contributed by atoms with van der Waals surface area (Å²) in [5.74, 6) is 0. The molecule has 10 rings (SSSR count). The molecular weight excluding hydrogens is 544 g/mol. The molecule has 0 saturated carbocycles. The smallest absolute Gasteiger partial charge is 0.143 e. The Hall–Kier alpha value is -5.92. The molecule has 1 aromatic heterocycles. The van der Waals surface area contributed by atoms with Crippen LogP contribution in [0.3, 0.4) is 0 Å². The molecule has 45 heavy (non-hydrogen) atoms. The number of hydrogen-bond donors (Lipinski definition) is 0. The Labute approximate surface area is 259 Å². The van der Waals surface area contributed by atoms with E-state index in [-0.39, 0.29) is 0 Å². The second-order valence-electron chi connectivity index (χ2n) is 12.0. The maximum absolute atomic E-state index is 6.73. The molecule has 0 aliphatic carbocycles. The number of hydrogen-bond acceptors (Lipinski definition) is 1. The fraction of sp³-hybridized carbons (Fsp3) is 0. The molecule has 0 bridgehead atoms. The molecule has 10 aromatic rings. The lowest BCUT2D eigenvalue weighted by molar-refractivity contribution is 0.670. The van der Waals surface area contributed by atoms with Crippen molar-refractivity contribution in [3.8, 4) is 33.4 Å². The highest BCUT2D eigenvalue weighted by atomic mass is 16.3. The van der Waals surface area contributed by atoms with Crippen molar-refractivity contribution in [3.63, 3.8) is 0 Å². The lowest BCUT2D eigenvalue weighted by atomic mass is 9.84. The Bertz CT molecular complexity index is 2690. The summed E-state index contributed by atoms with van der Waals surface area (Å²) < 4.78 is 6.73. The summed E-state index contributed by atoms with van der Waals surface area (Å²) in [5, 5.41) is 12.3.